The number of rotatable bonds is 2. The summed E-state index contributed by atoms with van der Waals surface area (Å²) in [5.74, 6) is -1.11. The van der Waals surface area contributed by atoms with Gasteiger partial charge in [-0.05, 0) is 43.5 Å². The first-order valence-electron chi connectivity index (χ1n) is 5.80. The van der Waals surface area contributed by atoms with Crippen LogP contribution >= 0.6 is 15.9 Å². The van der Waals surface area contributed by atoms with E-state index < -0.39 is 12.0 Å². The molecular weight excluding hydrogens is 298 g/mol. The maximum atomic E-state index is 12.3. The fourth-order valence-electron chi connectivity index (χ4n) is 2.29. The molecule has 18 heavy (non-hydrogen) atoms. The molecule has 1 aliphatic heterocycles. The minimum Gasteiger partial charge on any atom is -0.480 e. The fourth-order valence-corrected chi connectivity index (χ4v) is 2.76. The summed E-state index contributed by atoms with van der Waals surface area (Å²) in [6.07, 6.45) is 1.29. The third-order valence-corrected chi connectivity index (χ3v) is 3.71. The van der Waals surface area contributed by atoms with Gasteiger partial charge in [-0.3, -0.25) is 4.79 Å². The maximum absolute atomic E-state index is 12.3. The van der Waals surface area contributed by atoms with E-state index in [1.807, 2.05) is 13.0 Å². The summed E-state index contributed by atoms with van der Waals surface area (Å²) in [5.41, 5.74) is 1.43. The molecule has 1 aromatic rings. The molecule has 1 aliphatic rings. The van der Waals surface area contributed by atoms with Crippen molar-refractivity contribution < 1.29 is 14.7 Å². The molecule has 1 heterocycles. The molecule has 1 saturated heterocycles. The lowest BCUT2D eigenvalue weighted by atomic mass is 10.1. The van der Waals surface area contributed by atoms with Crippen molar-refractivity contribution in [1.29, 1.82) is 0 Å². The van der Waals surface area contributed by atoms with Gasteiger partial charge in [-0.25, -0.2) is 4.79 Å². The first-order valence-corrected chi connectivity index (χ1v) is 6.60. The van der Waals surface area contributed by atoms with E-state index in [2.05, 4.69) is 15.9 Å². The van der Waals surface area contributed by atoms with E-state index in [1.54, 1.807) is 12.1 Å². The van der Waals surface area contributed by atoms with Gasteiger partial charge in [0.05, 0.1) is 0 Å². The van der Waals surface area contributed by atoms with Crippen molar-refractivity contribution in [2.24, 2.45) is 0 Å². The second-order valence-corrected chi connectivity index (χ2v) is 5.37. The molecule has 0 bridgehead atoms. The van der Waals surface area contributed by atoms with Crippen molar-refractivity contribution in [3.05, 3.63) is 33.8 Å². The topological polar surface area (TPSA) is 57.6 Å². The van der Waals surface area contributed by atoms with Gasteiger partial charge in [0.25, 0.3) is 5.91 Å². The lowest BCUT2D eigenvalue weighted by Gasteiger charge is -2.22. The predicted molar refractivity (Wildman–Crippen MR) is 70.6 cm³/mol. The van der Waals surface area contributed by atoms with Crippen LogP contribution in [0.2, 0.25) is 0 Å². The summed E-state index contributed by atoms with van der Waals surface area (Å²) in [4.78, 5) is 24.9. The first kappa shape index (κ1) is 13.1. The number of nitrogens with zero attached hydrogens (tertiary/aromatic N) is 1. The Morgan fingerprint density at radius 1 is 1.44 bits per heavy atom. The largest absolute Gasteiger partial charge is 0.480 e. The van der Waals surface area contributed by atoms with E-state index in [4.69, 9.17) is 5.11 Å². The van der Waals surface area contributed by atoms with E-state index >= 15 is 0 Å². The molecule has 0 radical (unpaired) electrons. The second kappa shape index (κ2) is 5.10. The number of carboxylic acid groups (broad SMARTS) is 1. The number of hydrogen-bond donors (Lipinski definition) is 1. The van der Waals surface area contributed by atoms with Crippen LogP contribution in [0.4, 0.5) is 0 Å². The molecule has 1 atom stereocenters. The average Bonchev–Trinajstić information content (AvgIpc) is 2.77. The van der Waals surface area contributed by atoms with Crippen LogP contribution < -0.4 is 0 Å². The zero-order valence-electron chi connectivity index (χ0n) is 10.0. The molecule has 5 heteroatoms. The number of likely N-dealkylation sites (tertiary alicyclic amines) is 1. The monoisotopic (exact) mass is 311 g/mol. The third-order valence-electron chi connectivity index (χ3n) is 3.22. The molecule has 0 aromatic heterocycles. The van der Waals surface area contributed by atoms with Crippen molar-refractivity contribution >= 4 is 27.8 Å². The van der Waals surface area contributed by atoms with Crippen molar-refractivity contribution in [2.75, 3.05) is 6.54 Å². The number of carbonyl (C=O) groups excluding carboxylic acids is 1. The lowest BCUT2D eigenvalue weighted by molar-refractivity contribution is -0.141. The smallest absolute Gasteiger partial charge is 0.326 e. The number of halogens is 1. The van der Waals surface area contributed by atoms with Crippen LogP contribution in [-0.4, -0.2) is 34.5 Å². The Labute approximate surface area is 114 Å². The van der Waals surface area contributed by atoms with Gasteiger partial charge < -0.3 is 10.0 Å². The van der Waals surface area contributed by atoms with Crippen LogP contribution in [0.15, 0.2) is 22.7 Å². The minimum absolute atomic E-state index is 0.190. The van der Waals surface area contributed by atoms with Crippen LogP contribution in [-0.2, 0) is 4.79 Å². The summed E-state index contributed by atoms with van der Waals surface area (Å²) >= 11 is 3.34. The van der Waals surface area contributed by atoms with Gasteiger partial charge in [0.1, 0.15) is 6.04 Å². The van der Waals surface area contributed by atoms with E-state index in [-0.39, 0.29) is 5.91 Å². The zero-order chi connectivity index (χ0) is 13.3. The zero-order valence-corrected chi connectivity index (χ0v) is 11.6. The highest BCUT2D eigenvalue weighted by Crippen LogP contribution is 2.23. The first-order chi connectivity index (χ1) is 8.50. The van der Waals surface area contributed by atoms with Crippen LogP contribution in [0.1, 0.15) is 28.8 Å². The molecule has 0 saturated carbocycles. The third kappa shape index (κ3) is 2.41. The van der Waals surface area contributed by atoms with Gasteiger partial charge in [-0.1, -0.05) is 15.9 Å². The summed E-state index contributed by atoms with van der Waals surface area (Å²) in [6, 6.07) is 4.71. The van der Waals surface area contributed by atoms with Crippen molar-refractivity contribution in [2.45, 2.75) is 25.8 Å². The fraction of sp³-hybridized carbons (Fsp3) is 0.385. The van der Waals surface area contributed by atoms with Gasteiger partial charge in [-0.15, -0.1) is 0 Å². The normalized spacial score (nSPS) is 19.0. The molecule has 1 fully saturated rings. The van der Waals surface area contributed by atoms with Crippen LogP contribution in [0.3, 0.4) is 0 Å². The Kier molecular flexibility index (Phi) is 3.71. The van der Waals surface area contributed by atoms with E-state index in [1.165, 1.54) is 4.90 Å². The average molecular weight is 312 g/mol. The molecule has 4 nitrogen and oxygen atoms in total. The molecule has 96 valence electrons. The highest BCUT2D eigenvalue weighted by molar-refractivity contribution is 9.10. The summed E-state index contributed by atoms with van der Waals surface area (Å²) in [5, 5.41) is 9.09. The highest BCUT2D eigenvalue weighted by atomic mass is 79.9. The molecule has 0 spiro atoms. The van der Waals surface area contributed by atoms with Gasteiger partial charge in [0.15, 0.2) is 0 Å². The Balaban J connectivity index is 2.28. The summed E-state index contributed by atoms with van der Waals surface area (Å²) in [6.45, 7) is 2.37. The number of aliphatic carboxylic acids is 1. The predicted octanol–water partition coefficient (Wildman–Crippen LogP) is 2.45. The molecule has 0 aliphatic carbocycles. The molecule has 1 amide bonds. The number of amides is 1. The molecule has 2 rings (SSSR count). The lowest BCUT2D eigenvalue weighted by Crippen LogP contribution is -2.40. The van der Waals surface area contributed by atoms with Gasteiger partial charge in [-0.2, -0.15) is 0 Å². The van der Waals surface area contributed by atoms with E-state index in [0.717, 1.165) is 16.5 Å². The van der Waals surface area contributed by atoms with Gasteiger partial charge in [0.2, 0.25) is 0 Å². The Hall–Kier alpha value is -1.36. The van der Waals surface area contributed by atoms with Crippen molar-refractivity contribution in [1.82, 2.24) is 4.90 Å². The Morgan fingerprint density at radius 2 is 2.17 bits per heavy atom. The van der Waals surface area contributed by atoms with Crippen molar-refractivity contribution in [3.8, 4) is 0 Å². The molecular formula is C13H14BrNO3. The summed E-state index contributed by atoms with van der Waals surface area (Å²) < 4.78 is 0.910. The van der Waals surface area contributed by atoms with E-state index in [9.17, 15) is 9.59 Å². The van der Waals surface area contributed by atoms with E-state index in [0.29, 0.717) is 18.5 Å². The summed E-state index contributed by atoms with van der Waals surface area (Å²) in [7, 11) is 0. The van der Waals surface area contributed by atoms with Crippen molar-refractivity contribution in [3.63, 3.8) is 0 Å². The second-order valence-electron chi connectivity index (χ2n) is 4.45. The van der Waals surface area contributed by atoms with Crippen LogP contribution in [0.5, 0.6) is 0 Å². The quantitative estimate of drug-likeness (QED) is 0.912. The Morgan fingerprint density at radius 3 is 2.78 bits per heavy atom. The maximum Gasteiger partial charge on any atom is 0.326 e. The number of benzene rings is 1. The van der Waals surface area contributed by atoms with Gasteiger partial charge >= 0.3 is 5.97 Å². The molecule has 1 N–H and O–H groups in total. The minimum atomic E-state index is -0.921. The number of carbonyl (C=O) groups is 2. The van der Waals surface area contributed by atoms with Gasteiger partial charge in [0, 0.05) is 16.6 Å². The Bertz CT molecular complexity index is 501. The SMILES string of the molecule is Cc1cc(Br)ccc1C(=O)N1CCC[C@H]1C(=O)O. The van der Waals surface area contributed by atoms with Crippen LogP contribution in [0.25, 0.3) is 0 Å². The number of aryl methyl sites for hydroxylation is 1. The molecule has 1 aromatic carbocycles. The molecule has 0 unspecified atom stereocenters. The van der Waals surface area contributed by atoms with Crippen LogP contribution in [0, 0.1) is 6.92 Å². The standard InChI is InChI=1S/C13H14BrNO3/c1-8-7-9(14)4-5-10(8)12(16)15-6-2-3-11(15)13(17)18/h4-5,7,11H,2-3,6H2,1H3,(H,17,18)/t11-/m0/s1. The highest BCUT2D eigenvalue weighted by Gasteiger charge is 2.34. The number of hydrogen-bond acceptors (Lipinski definition) is 2. The number of carboxylic acids is 1.